The smallest absolute Gasteiger partial charge is 0.227 e. The quantitative estimate of drug-likeness (QED) is 0.547. The van der Waals surface area contributed by atoms with E-state index >= 15 is 0 Å². The van der Waals surface area contributed by atoms with Crippen LogP contribution < -0.4 is 9.64 Å². The molecule has 2 unspecified atom stereocenters. The topological polar surface area (TPSA) is 45.2 Å². The lowest BCUT2D eigenvalue weighted by molar-refractivity contribution is -0.136. The zero-order valence-corrected chi connectivity index (χ0v) is 20.8. The molecule has 1 aliphatic heterocycles. The number of amides is 1. The van der Waals surface area contributed by atoms with Gasteiger partial charge < -0.3 is 19.3 Å². The number of benzene rings is 2. The first-order valence-corrected chi connectivity index (χ1v) is 11.9. The fourth-order valence-corrected chi connectivity index (χ4v) is 4.18. The number of carbonyl (C=O) groups excluding carboxylic acids is 1. The van der Waals surface area contributed by atoms with Gasteiger partial charge in [-0.3, -0.25) is 9.69 Å². The Bertz CT molecular complexity index is 867. The summed E-state index contributed by atoms with van der Waals surface area (Å²) in [4.78, 5) is 19.8. The van der Waals surface area contributed by atoms with Crippen molar-refractivity contribution in [1.29, 1.82) is 0 Å². The van der Waals surface area contributed by atoms with Crippen LogP contribution in [-0.4, -0.2) is 75.3 Å². The van der Waals surface area contributed by atoms with Crippen molar-refractivity contribution >= 4 is 11.6 Å². The summed E-state index contributed by atoms with van der Waals surface area (Å²) in [5.41, 5.74) is 3.51. The average Bonchev–Trinajstić information content (AvgIpc) is 2.83. The Morgan fingerprint density at radius 2 is 1.79 bits per heavy atom. The Kier molecular flexibility index (Phi) is 9.15. The highest BCUT2D eigenvalue weighted by Gasteiger charge is 2.27. The van der Waals surface area contributed by atoms with Gasteiger partial charge in [0, 0.05) is 52.0 Å². The zero-order valence-electron chi connectivity index (χ0n) is 20.8. The van der Waals surface area contributed by atoms with Gasteiger partial charge in [-0.2, -0.15) is 0 Å². The van der Waals surface area contributed by atoms with Crippen LogP contribution in [0.25, 0.3) is 0 Å². The molecule has 0 N–H and O–H groups in total. The van der Waals surface area contributed by atoms with Crippen molar-refractivity contribution in [2.24, 2.45) is 0 Å². The summed E-state index contributed by atoms with van der Waals surface area (Å²) in [5, 5.41) is 0. The third-order valence-electron chi connectivity index (χ3n) is 6.44. The van der Waals surface area contributed by atoms with E-state index in [1.165, 1.54) is 11.3 Å². The standard InChI is InChI=1S/C27H39N3O3/c1-6-21(2)30(27(31)17-22-9-13-25(32-5)14-10-22)20-26-19-29(15-16-33-26)18-23-7-11-24(12-8-23)28(3)4/h7-14,21,26H,6,15-20H2,1-5H3. The van der Waals surface area contributed by atoms with Crippen LogP contribution >= 0.6 is 0 Å². The molecule has 3 rings (SSSR count). The predicted molar refractivity (Wildman–Crippen MR) is 134 cm³/mol. The SMILES string of the molecule is CCC(C)N(CC1CN(Cc2ccc(N(C)C)cc2)CCO1)C(=O)Cc1ccc(OC)cc1. The molecule has 2 aromatic rings. The zero-order chi connectivity index (χ0) is 23.8. The number of hydrogen-bond acceptors (Lipinski definition) is 5. The maximum Gasteiger partial charge on any atom is 0.227 e. The van der Waals surface area contributed by atoms with E-state index in [1.54, 1.807) is 7.11 Å². The van der Waals surface area contributed by atoms with Gasteiger partial charge in [-0.15, -0.1) is 0 Å². The number of rotatable bonds is 10. The summed E-state index contributed by atoms with van der Waals surface area (Å²) in [7, 11) is 5.76. The minimum absolute atomic E-state index is 0.0219. The summed E-state index contributed by atoms with van der Waals surface area (Å²) in [6, 6.07) is 16.6. The van der Waals surface area contributed by atoms with Crippen LogP contribution in [-0.2, 0) is 22.5 Å². The summed E-state index contributed by atoms with van der Waals surface area (Å²) in [6.45, 7) is 8.22. The van der Waals surface area contributed by atoms with E-state index in [0.717, 1.165) is 37.4 Å². The van der Waals surface area contributed by atoms with E-state index in [4.69, 9.17) is 9.47 Å². The number of hydrogen-bond donors (Lipinski definition) is 0. The molecule has 180 valence electrons. The first-order valence-electron chi connectivity index (χ1n) is 11.9. The Morgan fingerprint density at radius 1 is 1.12 bits per heavy atom. The van der Waals surface area contributed by atoms with Gasteiger partial charge in [0.05, 0.1) is 26.2 Å². The van der Waals surface area contributed by atoms with E-state index in [9.17, 15) is 4.79 Å². The summed E-state index contributed by atoms with van der Waals surface area (Å²) < 4.78 is 11.3. The Hall–Kier alpha value is -2.57. The fraction of sp³-hybridized carbons (Fsp3) is 0.519. The minimum Gasteiger partial charge on any atom is -0.497 e. The lowest BCUT2D eigenvalue weighted by Crippen LogP contribution is -2.50. The largest absolute Gasteiger partial charge is 0.497 e. The molecule has 33 heavy (non-hydrogen) atoms. The molecule has 1 amide bonds. The molecule has 1 saturated heterocycles. The number of ether oxygens (including phenoxy) is 2. The van der Waals surface area contributed by atoms with Crippen LogP contribution in [0.5, 0.6) is 5.75 Å². The number of nitrogens with zero attached hydrogens (tertiary/aromatic N) is 3. The molecule has 0 saturated carbocycles. The van der Waals surface area contributed by atoms with Gasteiger partial charge in [0.25, 0.3) is 0 Å². The molecule has 1 fully saturated rings. The number of methoxy groups -OCH3 is 1. The van der Waals surface area contributed by atoms with E-state index < -0.39 is 0 Å². The van der Waals surface area contributed by atoms with E-state index in [2.05, 4.69) is 62.0 Å². The van der Waals surface area contributed by atoms with Crippen LogP contribution in [0.4, 0.5) is 5.69 Å². The highest BCUT2D eigenvalue weighted by atomic mass is 16.5. The first kappa shape index (κ1) is 25.1. The normalized spacial score (nSPS) is 17.4. The molecule has 0 spiro atoms. The van der Waals surface area contributed by atoms with Crippen molar-refractivity contribution in [3.8, 4) is 5.75 Å². The lowest BCUT2D eigenvalue weighted by atomic mass is 10.1. The van der Waals surface area contributed by atoms with Gasteiger partial charge in [0.1, 0.15) is 5.75 Å². The van der Waals surface area contributed by atoms with Crippen LogP contribution in [0.1, 0.15) is 31.4 Å². The number of carbonyl (C=O) groups is 1. The molecule has 2 aromatic carbocycles. The molecular formula is C27H39N3O3. The molecule has 1 heterocycles. The van der Waals surface area contributed by atoms with Crippen molar-refractivity contribution in [3.63, 3.8) is 0 Å². The van der Waals surface area contributed by atoms with Gasteiger partial charge >= 0.3 is 0 Å². The first-order chi connectivity index (χ1) is 15.9. The second-order valence-electron chi connectivity index (χ2n) is 9.12. The van der Waals surface area contributed by atoms with Gasteiger partial charge in [0.2, 0.25) is 5.91 Å². The molecule has 2 atom stereocenters. The molecule has 0 aromatic heterocycles. The highest BCUT2D eigenvalue weighted by molar-refractivity contribution is 5.79. The Balaban J connectivity index is 1.60. The molecule has 1 aliphatic rings. The van der Waals surface area contributed by atoms with E-state index in [-0.39, 0.29) is 18.1 Å². The van der Waals surface area contributed by atoms with Gasteiger partial charge in [-0.05, 0) is 48.7 Å². The Labute approximate surface area is 199 Å². The summed E-state index contributed by atoms with van der Waals surface area (Å²) in [5.74, 6) is 0.951. The van der Waals surface area contributed by atoms with E-state index in [1.807, 2.05) is 29.2 Å². The van der Waals surface area contributed by atoms with Crippen LogP contribution in [0.3, 0.4) is 0 Å². The van der Waals surface area contributed by atoms with Crippen molar-refractivity contribution < 1.29 is 14.3 Å². The molecule has 0 radical (unpaired) electrons. The van der Waals surface area contributed by atoms with Gasteiger partial charge in [-0.1, -0.05) is 31.2 Å². The monoisotopic (exact) mass is 453 g/mol. The van der Waals surface area contributed by atoms with Crippen LogP contribution in [0, 0.1) is 0 Å². The van der Waals surface area contributed by atoms with Crippen molar-refractivity contribution in [2.45, 2.75) is 45.4 Å². The minimum atomic E-state index is 0.0219. The number of anilines is 1. The summed E-state index contributed by atoms with van der Waals surface area (Å²) >= 11 is 0. The second kappa shape index (κ2) is 12.1. The molecule has 6 nitrogen and oxygen atoms in total. The van der Waals surface area contributed by atoms with Gasteiger partial charge in [0.15, 0.2) is 0 Å². The fourth-order valence-electron chi connectivity index (χ4n) is 4.18. The van der Waals surface area contributed by atoms with Gasteiger partial charge in [-0.25, -0.2) is 0 Å². The third-order valence-corrected chi connectivity index (χ3v) is 6.44. The Morgan fingerprint density at radius 3 is 2.39 bits per heavy atom. The predicted octanol–water partition coefficient (Wildman–Crippen LogP) is 3.83. The van der Waals surface area contributed by atoms with Crippen molar-refractivity contribution in [2.75, 3.05) is 52.3 Å². The molecule has 6 heteroatoms. The molecular weight excluding hydrogens is 414 g/mol. The van der Waals surface area contributed by atoms with Crippen LogP contribution in [0.2, 0.25) is 0 Å². The van der Waals surface area contributed by atoms with Crippen LogP contribution in [0.15, 0.2) is 48.5 Å². The van der Waals surface area contributed by atoms with E-state index in [0.29, 0.717) is 19.6 Å². The number of morpholine rings is 1. The maximum absolute atomic E-state index is 13.2. The molecule has 0 aliphatic carbocycles. The second-order valence-corrected chi connectivity index (χ2v) is 9.12. The average molecular weight is 454 g/mol. The summed E-state index contributed by atoms with van der Waals surface area (Å²) in [6.07, 6.45) is 1.33. The van der Waals surface area contributed by atoms with Crippen molar-refractivity contribution in [3.05, 3.63) is 59.7 Å². The lowest BCUT2D eigenvalue weighted by Gasteiger charge is -2.37. The third kappa shape index (κ3) is 7.21. The molecule has 0 bridgehead atoms. The van der Waals surface area contributed by atoms with Crippen molar-refractivity contribution in [1.82, 2.24) is 9.80 Å². The maximum atomic E-state index is 13.2. The highest BCUT2D eigenvalue weighted by Crippen LogP contribution is 2.18.